The molecule has 1 aliphatic rings. The predicted molar refractivity (Wildman–Crippen MR) is 83.0 cm³/mol. The molecule has 5 nitrogen and oxygen atoms in total. The maximum atomic E-state index is 11.9. The van der Waals surface area contributed by atoms with Gasteiger partial charge in [0.15, 0.2) is 9.84 Å². The van der Waals surface area contributed by atoms with Gasteiger partial charge >= 0.3 is 0 Å². The van der Waals surface area contributed by atoms with Crippen molar-refractivity contribution in [3.8, 4) is 0 Å². The van der Waals surface area contributed by atoms with Crippen LogP contribution in [0.2, 0.25) is 0 Å². The van der Waals surface area contributed by atoms with Crippen molar-refractivity contribution in [2.45, 2.75) is 30.6 Å². The predicted octanol–water partition coefficient (Wildman–Crippen LogP) is 1.81. The van der Waals surface area contributed by atoms with Crippen LogP contribution in [0.25, 0.3) is 0 Å². The molecular formula is C15H22N2O3S. The van der Waals surface area contributed by atoms with Gasteiger partial charge in [-0.15, -0.1) is 0 Å². The lowest BCUT2D eigenvalue weighted by atomic mass is 9.93. The van der Waals surface area contributed by atoms with E-state index < -0.39 is 9.84 Å². The Balaban J connectivity index is 1.82. The number of piperidine rings is 1. The van der Waals surface area contributed by atoms with Crippen molar-refractivity contribution in [3.63, 3.8) is 0 Å². The highest BCUT2D eigenvalue weighted by molar-refractivity contribution is 7.90. The molecular weight excluding hydrogens is 288 g/mol. The number of anilines is 1. The second-order valence-electron chi connectivity index (χ2n) is 5.58. The second-order valence-corrected chi connectivity index (χ2v) is 7.59. The van der Waals surface area contributed by atoms with Gasteiger partial charge in [0.05, 0.1) is 4.90 Å². The first-order chi connectivity index (χ1) is 9.95. The Morgan fingerprint density at radius 3 is 2.43 bits per heavy atom. The molecule has 0 atom stereocenters. The highest BCUT2D eigenvalue weighted by atomic mass is 32.2. The van der Waals surface area contributed by atoms with Crippen LogP contribution in [0, 0.1) is 5.92 Å². The molecule has 0 unspecified atom stereocenters. The van der Waals surface area contributed by atoms with Gasteiger partial charge in [0.1, 0.15) is 0 Å². The Morgan fingerprint density at radius 2 is 1.86 bits per heavy atom. The van der Waals surface area contributed by atoms with Gasteiger partial charge in [-0.25, -0.2) is 8.42 Å². The highest BCUT2D eigenvalue weighted by Gasteiger charge is 2.14. The van der Waals surface area contributed by atoms with Crippen LogP contribution in [-0.2, 0) is 14.6 Å². The third-order valence-corrected chi connectivity index (χ3v) is 4.93. The van der Waals surface area contributed by atoms with E-state index in [4.69, 9.17) is 0 Å². The van der Waals surface area contributed by atoms with E-state index >= 15 is 0 Å². The molecule has 0 radical (unpaired) electrons. The Morgan fingerprint density at radius 1 is 1.24 bits per heavy atom. The summed E-state index contributed by atoms with van der Waals surface area (Å²) < 4.78 is 22.7. The van der Waals surface area contributed by atoms with Gasteiger partial charge in [-0.05, 0) is 62.5 Å². The first kappa shape index (κ1) is 16.0. The van der Waals surface area contributed by atoms with E-state index in [-0.39, 0.29) is 10.8 Å². The van der Waals surface area contributed by atoms with Crippen molar-refractivity contribution in [2.75, 3.05) is 24.7 Å². The van der Waals surface area contributed by atoms with Crippen LogP contribution in [0.3, 0.4) is 0 Å². The summed E-state index contributed by atoms with van der Waals surface area (Å²) >= 11 is 0. The average Bonchev–Trinajstić information content (AvgIpc) is 2.46. The van der Waals surface area contributed by atoms with Gasteiger partial charge in [-0.1, -0.05) is 0 Å². The molecule has 1 saturated heterocycles. The van der Waals surface area contributed by atoms with Gasteiger partial charge in [0.25, 0.3) is 0 Å². The van der Waals surface area contributed by atoms with E-state index in [0.717, 1.165) is 32.4 Å². The molecule has 2 rings (SSSR count). The van der Waals surface area contributed by atoms with Gasteiger partial charge in [0, 0.05) is 18.4 Å². The Hall–Kier alpha value is -1.40. The number of carbonyl (C=O) groups is 1. The zero-order valence-corrected chi connectivity index (χ0v) is 13.1. The lowest BCUT2D eigenvalue weighted by Gasteiger charge is -2.22. The quantitative estimate of drug-likeness (QED) is 0.870. The fourth-order valence-corrected chi connectivity index (χ4v) is 3.15. The lowest BCUT2D eigenvalue weighted by Crippen LogP contribution is -2.28. The molecule has 1 fully saturated rings. The average molecular weight is 310 g/mol. The molecule has 1 amide bonds. The molecule has 0 saturated carbocycles. The number of rotatable bonds is 5. The zero-order valence-electron chi connectivity index (χ0n) is 12.3. The Bertz CT molecular complexity index is 575. The van der Waals surface area contributed by atoms with Crippen molar-refractivity contribution in [3.05, 3.63) is 24.3 Å². The van der Waals surface area contributed by atoms with Gasteiger partial charge in [-0.3, -0.25) is 4.79 Å². The van der Waals surface area contributed by atoms with Crippen LogP contribution in [0.1, 0.15) is 25.7 Å². The molecule has 0 aliphatic carbocycles. The maximum absolute atomic E-state index is 11.9. The van der Waals surface area contributed by atoms with Crippen molar-refractivity contribution in [1.29, 1.82) is 0 Å². The number of amides is 1. The smallest absolute Gasteiger partial charge is 0.224 e. The van der Waals surface area contributed by atoms with Crippen molar-refractivity contribution in [2.24, 2.45) is 5.92 Å². The third kappa shape index (κ3) is 5.13. The van der Waals surface area contributed by atoms with Crippen LogP contribution >= 0.6 is 0 Å². The summed E-state index contributed by atoms with van der Waals surface area (Å²) in [6, 6.07) is 6.27. The van der Waals surface area contributed by atoms with E-state index in [1.165, 1.54) is 18.4 Å². The lowest BCUT2D eigenvalue weighted by molar-refractivity contribution is -0.116. The van der Waals surface area contributed by atoms with E-state index in [1.54, 1.807) is 12.1 Å². The van der Waals surface area contributed by atoms with Crippen LogP contribution in [0.4, 0.5) is 5.69 Å². The highest BCUT2D eigenvalue weighted by Crippen LogP contribution is 2.19. The summed E-state index contributed by atoms with van der Waals surface area (Å²) in [5.74, 6) is 0.616. The Labute approximate surface area is 126 Å². The molecule has 21 heavy (non-hydrogen) atoms. The second kappa shape index (κ2) is 7.04. The molecule has 0 bridgehead atoms. The largest absolute Gasteiger partial charge is 0.326 e. The first-order valence-corrected chi connectivity index (χ1v) is 9.15. The van der Waals surface area contributed by atoms with E-state index in [9.17, 15) is 13.2 Å². The molecule has 1 aromatic carbocycles. The molecule has 0 aromatic heterocycles. The molecule has 1 heterocycles. The standard InChI is InChI=1S/C15H22N2O3S/c1-21(19,20)14-5-3-13(4-6-14)17-15(18)7-2-12-8-10-16-11-9-12/h3-6,12,16H,2,7-11H2,1H3,(H,17,18). The van der Waals surface area contributed by atoms with E-state index in [0.29, 0.717) is 18.0 Å². The minimum absolute atomic E-state index is 0.0133. The summed E-state index contributed by atoms with van der Waals surface area (Å²) in [6.07, 6.45) is 4.86. The van der Waals surface area contributed by atoms with Crippen LogP contribution in [0.5, 0.6) is 0 Å². The van der Waals surface area contributed by atoms with E-state index in [1.807, 2.05) is 0 Å². The fraction of sp³-hybridized carbons (Fsp3) is 0.533. The first-order valence-electron chi connectivity index (χ1n) is 7.26. The number of hydrogen-bond donors (Lipinski definition) is 2. The summed E-state index contributed by atoms with van der Waals surface area (Å²) in [6.45, 7) is 2.08. The summed E-state index contributed by atoms with van der Waals surface area (Å²) in [5.41, 5.74) is 0.637. The normalized spacial score (nSPS) is 16.6. The van der Waals surface area contributed by atoms with Crippen LogP contribution in [-0.4, -0.2) is 33.7 Å². The number of hydrogen-bond acceptors (Lipinski definition) is 4. The molecule has 0 spiro atoms. The number of sulfone groups is 1. The van der Waals surface area contributed by atoms with Gasteiger partial charge in [0.2, 0.25) is 5.91 Å². The van der Waals surface area contributed by atoms with Crippen molar-refractivity contribution >= 4 is 21.4 Å². The number of carbonyl (C=O) groups excluding carboxylic acids is 1. The fourth-order valence-electron chi connectivity index (χ4n) is 2.51. The Kier molecular flexibility index (Phi) is 5.36. The monoisotopic (exact) mass is 310 g/mol. The number of benzene rings is 1. The summed E-state index contributed by atoms with van der Waals surface area (Å²) in [5, 5.41) is 6.12. The SMILES string of the molecule is CS(=O)(=O)c1ccc(NC(=O)CCC2CCNCC2)cc1. The van der Waals surface area contributed by atoms with E-state index in [2.05, 4.69) is 10.6 Å². The minimum atomic E-state index is -3.19. The topological polar surface area (TPSA) is 75.3 Å². The van der Waals surface area contributed by atoms with Crippen molar-refractivity contribution < 1.29 is 13.2 Å². The molecule has 116 valence electrons. The minimum Gasteiger partial charge on any atom is -0.326 e. The zero-order chi connectivity index (χ0) is 15.3. The molecule has 2 N–H and O–H groups in total. The van der Waals surface area contributed by atoms with Crippen LogP contribution < -0.4 is 10.6 Å². The summed E-state index contributed by atoms with van der Waals surface area (Å²) in [7, 11) is -3.19. The van der Waals surface area contributed by atoms with Crippen molar-refractivity contribution in [1.82, 2.24) is 5.32 Å². The molecule has 1 aromatic rings. The third-order valence-electron chi connectivity index (χ3n) is 3.80. The van der Waals surface area contributed by atoms with Gasteiger partial charge in [-0.2, -0.15) is 0 Å². The maximum Gasteiger partial charge on any atom is 0.224 e. The number of nitrogens with one attached hydrogen (secondary N) is 2. The van der Waals surface area contributed by atoms with Gasteiger partial charge < -0.3 is 10.6 Å². The molecule has 6 heteroatoms. The molecule has 1 aliphatic heterocycles. The summed E-state index contributed by atoms with van der Waals surface area (Å²) in [4.78, 5) is 12.2. The van der Waals surface area contributed by atoms with Crippen LogP contribution in [0.15, 0.2) is 29.2 Å².